The molecule has 0 aliphatic carbocycles. The first-order chi connectivity index (χ1) is 37.8. The quantitative estimate of drug-likeness (QED) is 0.0176. The van der Waals surface area contributed by atoms with Crippen LogP contribution in [0.2, 0.25) is 0 Å². The third-order valence-corrected chi connectivity index (χ3v) is 14.2. The van der Waals surface area contributed by atoms with Crippen molar-refractivity contribution >= 4 is 78.4 Å². The maximum Gasteiger partial charge on any atom is 0.442 e. The molecule has 2 saturated heterocycles. The van der Waals surface area contributed by atoms with Crippen LogP contribution in [0.4, 0.5) is 10.3 Å². The molecule has 0 bridgehead atoms. The van der Waals surface area contributed by atoms with Gasteiger partial charge in [0.05, 0.1) is 23.5 Å². The van der Waals surface area contributed by atoms with Gasteiger partial charge in [0.2, 0.25) is 0 Å². The number of hydroxylamine groups is 4. The van der Waals surface area contributed by atoms with Crippen LogP contribution in [0.3, 0.4) is 0 Å². The average Bonchev–Trinajstić information content (AvgIpc) is 4.40. The number of anilines is 2. The highest BCUT2D eigenvalue weighted by Gasteiger charge is 2.61. The number of carbonyl (C=O) groups is 4. The van der Waals surface area contributed by atoms with E-state index in [2.05, 4.69) is 41.1 Å². The Hall–Kier alpha value is -8.07. The number of nitrogens with two attached hydrogens (primary N) is 4. The van der Waals surface area contributed by atoms with Gasteiger partial charge in [-0.05, 0) is 89.0 Å². The van der Waals surface area contributed by atoms with Gasteiger partial charge in [0.1, 0.15) is 48.2 Å². The van der Waals surface area contributed by atoms with Crippen molar-refractivity contribution < 1.29 is 55.3 Å². The molecule has 79 heavy (non-hydrogen) atoms. The average molecular weight is 1150 g/mol. The number of aromatic nitrogens is 6. The maximum absolute atomic E-state index is 13.7. The molecule has 0 spiro atoms. The second-order valence-corrected chi connectivity index (χ2v) is 21.5. The largest absolute Gasteiger partial charge is 0.490 e. The summed E-state index contributed by atoms with van der Waals surface area (Å²) in [6.45, 7) is 8.07. The van der Waals surface area contributed by atoms with Crippen LogP contribution < -0.4 is 43.0 Å². The number of carbonyl (C=O) groups excluding carboxylic acids is 4. The predicted molar refractivity (Wildman–Crippen MR) is 288 cm³/mol. The van der Waals surface area contributed by atoms with Gasteiger partial charge in [0.15, 0.2) is 34.9 Å². The molecule has 6 heterocycles. The van der Waals surface area contributed by atoms with Crippen LogP contribution in [0.1, 0.15) is 51.9 Å². The highest BCUT2D eigenvalue weighted by Crippen LogP contribution is 2.37. The number of nitrogens with one attached hydrogen (secondary N) is 2. The zero-order valence-electron chi connectivity index (χ0n) is 43.2. The number of nitrogen functional groups attached to an aromatic ring is 2. The monoisotopic (exact) mass is 1150 g/mol. The molecule has 28 nitrogen and oxygen atoms in total. The Bertz CT molecular complexity index is 3090. The summed E-state index contributed by atoms with van der Waals surface area (Å²) in [4.78, 5) is 73.4. The van der Waals surface area contributed by atoms with Crippen LogP contribution in [-0.4, -0.2) is 146 Å². The van der Waals surface area contributed by atoms with Crippen molar-refractivity contribution in [1.29, 1.82) is 0 Å². The van der Waals surface area contributed by atoms with Gasteiger partial charge in [-0.2, -0.15) is 28.7 Å². The minimum atomic E-state index is -5.22. The van der Waals surface area contributed by atoms with E-state index in [-0.39, 0.29) is 59.5 Å². The molecule has 31 heteroatoms. The third kappa shape index (κ3) is 13.6. The SMILES string of the molecule is CC1(C)C(NC(=O)/C(=N/OCCOc2ccc(-c3cnn(CCCN)c3)cc2)c2csc(N)n2)C(=O)N1OS(=O)(=O)ON1C(=O)C(NC(=O)/C(=N/OCCOc2ccc(-c3cnn(CCCN)c3)cc2)c2csc(N)n2)C1(C)C. The molecule has 0 radical (unpaired) electrons. The topological polar surface area (TPSA) is 379 Å². The lowest BCUT2D eigenvalue weighted by molar-refractivity contribution is -0.239. The Morgan fingerprint density at radius 1 is 0.633 bits per heavy atom. The van der Waals surface area contributed by atoms with Gasteiger partial charge < -0.3 is 52.7 Å². The van der Waals surface area contributed by atoms with Crippen LogP contribution in [0.15, 0.2) is 94.4 Å². The van der Waals surface area contributed by atoms with E-state index in [1.807, 2.05) is 46.0 Å². The van der Waals surface area contributed by atoms with Crippen molar-refractivity contribution in [3.63, 3.8) is 0 Å². The summed E-state index contributed by atoms with van der Waals surface area (Å²) in [5.74, 6) is -2.72. The molecule has 8 rings (SSSR count). The van der Waals surface area contributed by atoms with Gasteiger partial charge in [0, 0.05) is 47.4 Å². The van der Waals surface area contributed by atoms with E-state index in [1.54, 1.807) is 36.7 Å². The Kier molecular flexibility index (Phi) is 17.9. The summed E-state index contributed by atoms with van der Waals surface area (Å²) < 4.78 is 52.0. The Labute approximate surface area is 460 Å². The van der Waals surface area contributed by atoms with E-state index >= 15 is 0 Å². The predicted octanol–water partition coefficient (Wildman–Crippen LogP) is 1.81. The highest BCUT2D eigenvalue weighted by molar-refractivity contribution is 7.81. The fourth-order valence-electron chi connectivity index (χ4n) is 7.93. The molecule has 2 atom stereocenters. The third-order valence-electron chi connectivity index (χ3n) is 12.2. The summed E-state index contributed by atoms with van der Waals surface area (Å²) in [6.07, 6.45) is 9.05. The van der Waals surface area contributed by atoms with E-state index in [9.17, 15) is 27.6 Å². The number of amides is 4. The van der Waals surface area contributed by atoms with E-state index < -0.39 is 57.2 Å². The summed E-state index contributed by atoms with van der Waals surface area (Å²) in [5, 5.41) is 25.8. The standard InChI is InChI=1S/C48H58N16O12S3/c1-47(2)39(57-41(65)37(35-27-77-45(51)55-35)59-73-21-19-71-33-11-7-29(8-12-33)31-23-53-61(25-31)17-5-15-49)43(67)63(47)75-79(69,70)76-64-44(68)40(48(64,3)4)58-42(66)38(36-28-78-46(52)56-36)60-74-22-20-72-34-13-9-30(10-14-34)32-24-54-62(26-32)18-6-16-50/h7-14,23-28,39-40H,5-6,15-22,49-50H2,1-4H3,(H2,51,55)(H2,52,56)(H,57,65)(H,58,66)/b59-37+,60-38+. The molecule has 2 aromatic carbocycles. The lowest BCUT2D eigenvalue weighted by Gasteiger charge is -2.52. The number of nitrogens with zero attached hydrogens (tertiary/aromatic N) is 10. The molecule has 6 aromatic rings. The molecule has 2 aliphatic heterocycles. The molecule has 420 valence electrons. The van der Waals surface area contributed by atoms with Gasteiger partial charge >= 0.3 is 10.4 Å². The smallest absolute Gasteiger partial charge is 0.442 e. The first kappa shape index (κ1) is 57.1. The second kappa shape index (κ2) is 24.7. The Morgan fingerprint density at radius 3 is 1.37 bits per heavy atom. The number of ether oxygens (including phenoxy) is 2. The lowest BCUT2D eigenvalue weighted by atomic mass is 9.84. The molecule has 10 N–H and O–H groups in total. The van der Waals surface area contributed by atoms with Crippen LogP contribution in [-0.2, 0) is 60.9 Å². The van der Waals surface area contributed by atoms with Gasteiger partial charge in [-0.3, -0.25) is 28.5 Å². The van der Waals surface area contributed by atoms with Crippen LogP contribution in [0.25, 0.3) is 22.3 Å². The highest BCUT2D eigenvalue weighted by atomic mass is 32.3. The van der Waals surface area contributed by atoms with Crippen molar-refractivity contribution in [2.75, 3.05) is 51.0 Å². The van der Waals surface area contributed by atoms with Crippen molar-refractivity contribution in [1.82, 2.24) is 50.3 Å². The molecule has 0 saturated carbocycles. The van der Waals surface area contributed by atoms with Crippen LogP contribution in [0, 0.1) is 0 Å². The van der Waals surface area contributed by atoms with Crippen molar-refractivity contribution in [3.8, 4) is 33.8 Å². The normalized spacial score (nSPS) is 17.0. The van der Waals surface area contributed by atoms with Crippen molar-refractivity contribution in [2.45, 2.75) is 76.8 Å². The van der Waals surface area contributed by atoms with Gasteiger partial charge in [0.25, 0.3) is 23.6 Å². The minimum absolute atomic E-state index is 0.0382. The number of rotatable bonds is 28. The first-order valence-electron chi connectivity index (χ1n) is 24.5. The number of β-lactam (4-membered cyclic amide) rings is 2. The van der Waals surface area contributed by atoms with Gasteiger partial charge in [-0.15, -0.1) is 31.2 Å². The lowest BCUT2D eigenvalue weighted by Crippen LogP contribution is -2.78. The summed E-state index contributed by atoms with van der Waals surface area (Å²) in [5.41, 5.74) is 23.0. The first-order valence-corrected chi connectivity index (χ1v) is 27.6. The molecule has 2 aliphatic rings. The van der Waals surface area contributed by atoms with Gasteiger partial charge in [-0.25, -0.2) is 9.97 Å². The number of aryl methyl sites for hydroxylation is 2. The zero-order valence-corrected chi connectivity index (χ0v) is 45.7. The number of benzene rings is 2. The Morgan fingerprint density at radius 2 is 1.03 bits per heavy atom. The molecular weight excluding hydrogens is 1090 g/mol. The van der Waals surface area contributed by atoms with E-state index in [0.29, 0.717) is 34.7 Å². The number of oxime groups is 2. The molecular formula is C48H58N16O12S3. The molecule has 2 fully saturated rings. The molecule has 4 aromatic heterocycles. The second-order valence-electron chi connectivity index (χ2n) is 18.6. The van der Waals surface area contributed by atoms with E-state index in [0.717, 1.165) is 70.9 Å². The molecule has 2 unspecified atom stereocenters. The van der Waals surface area contributed by atoms with Gasteiger partial charge in [-0.1, -0.05) is 34.6 Å². The fourth-order valence-corrected chi connectivity index (χ4v) is 9.94. The maximum atomic E-state index is 13.7. The number of hydrogen-bond donors (Lipinski definition) is 6. The van der Waals surface area contributed by atoms with E-state index in [4.69, 9.17) is 50.7 Å². The minimum Gasteiger partial charge on any atom is -0.490 e. The van der Waals surface area contributed by atoms with E-state index in [1.165, 1.54) is 38.5 Å². The van der Waals surface area contributed by atoms with Crippen LogP contribution >= 0.6 is 22.7 Å². The summed E-state index contributed by atoms with van der Waals surface area (Å²) in [7, 11) is -5.22. The van der Waals surface area contributed by atoms with Crippen LogP contribution in [0.5, 0.6) is 11.5 Å². The molecule has 4 amide bonds. The van der Waals surface area contributed by atoms with Crippen molar-refractivity contribution in [2.24, 2.45) is 21.8 Å². The number of thiazole rings is 2. The van der Waals surface area contributed by atoms with Crippen molar-refractivity contribution in [3.05, 3.63) is 95.5 Å². The Balaban J connectivity index is 0.811. The fraction of sp³-hybridized carbons (Fsp3) is 0.375. The number of hydrogen-bond acceptors (Lipinski definition) is 24. The zero-order chi connectivity index (χ0) is 56.5. The summed E-state index contributed by atoms with van der Waals surface area (Å²) in [6, 6.07) is 12.0. The summed E-state index contributed by atoms with van der Waals surface area (Å²) >= 11 is 2.06.